The molecule has 0 bridgehead atoms. The Morgan fingerprint density at radius 1 is 1.43 bits per heavy atom. The molecule has 0 unspecified atom stereocenters. The van der Waals surface area contributed by atoms with Crippen LogP contribution in [0.25, 0.3) is 6.08 Å². The number of amides is 3. The summed E-state index contributed by atoms with van der Waals surface area (Å²) in [6.45, 7) is 1.83. The van der Waals surface area contributed by atoms with Gasteiger partial charge < -0.3 is 5.32 Å². The maximum atomic E-state index is 12.2. The molecule has 1 aromatic carbocycles. The van der Waals surface area contributed by atoms with Gasteiger partial charge >= 0.3 is 0 Å². The molecule has 21 heavy (non-hydrogen) atoms. The highest BCUT2D eigenvalue weighted by Crippen LogP contribution is 2.32. The van der Waals surface area contributed by atoms with E-state index in [4.69, 9.17) is 0 Å². The van der Waals surface area contributed by atoms with E-state index >= 15 is 0 Å². The van der Waals surface area contributed by atoms with Crippen molar-refractivity contribution in [1.29, 1.82) is 0 Å². The summed E-state index contributed by atoms with van der Waals surface area (Å²) < 4.78 is 0.904. The SMILES string of the molecule is CC(=O)NCCN1C(=O)S/C(=C/c2cccc(Br)c2)C1=O. The van der Waals surface area contributed by atoms with Crippen molar-refractivity contribution in [3.8, 4) is 0 Å². The lowest BCUT2D eigenvalue weighted by Gasteiger charge is -2.12. The summed E-state index contributed by atoms with van der Waals surface area (Å²) in [7, 11) is 0. The fourth-order valence-electron chi connectivity index (χ4n) is 1.78. The molecule has 1 aromatic rings. The van der Waals surface area contributed by atoms with E-state index < -0.39 is 0 Å². The molecule has 3 amide bonds. The van der Waals surface area contributed by atoms with E-state index in [1.807, 2.05) is 24.3 Å². The average molecular weight is 369 g/mol. The second-order valence-corrected chi connectivity index (χ2v) is 6.28. The Kier molecular flexibility index (Phi) is 5.19. The summed E-state index contributed by atoms with van der Waals surface area (Å²) in [6.07, 6.45) is 1.69. The third-order valence-electron chi connectivity index (χ3n) is 2.73. The van der Waals surface area contributed by atoms with E-state index in [-0.39, 0.29) is 30.1 Å². The van der Waals surface area contributed by atoms with Gasteiger partial charge in [-0.15, -0.1) is 0 Å². The van der Waals surface area contributed by atoms with Gasteiger partial charge in [-0.05, 0) is 35.5 Å². The van der Waals surface area contributed by atoms with E-state index in [2.05, 4.69) is 21.2 Å². The summed E-state index contributed by atoms with van der Waals surface area (Å²) in [5.74, 6) is -0.512. The Morgan fingerprint density at radius 2 is 2.19 bits per heavy atom. The molecule has 1 fully saturated rings. The Morgan fingerprint density at radius 3 is 2.86 bits per heavy atom. The van der Waals surface area contributed by atoms with Crippen molar-refractivity contribution in [1.82, 2.24) is 10.2 Å². The lowest BCUT2D eigenvalue weighted by atomic mass is 10.2. The lowest BCUT2D eigenvalue weighted by molar-refractivity contribution is -0.123. The zero-order valence-corrected chi connectivity index (χ0v) is 13.7. The first-order valence-electron chi connectivity index (χ1n) is 6.23. The van der Waals surface area contributed by atoms with Gasteiger partial charge in [0.05, 0.1) is 4.91 Å². The smallest absolute Gasteiger partial charge is 0.293 e. The van der Waals surface area contributed by atoms with Crippen LogP contribution in [0.2, 0.25) is 0 Å². The molecule has 110 valence electrons. The highest BCUT2D eigenvalue weighted by atomic mass is 79.9. The highest BCUT2D eigenvalue weighted by molar-refractivity contribution is 9.10. The predicted octanol–water partition coefficient (Wildman–Crippen LogP) is 2.62. The zero-order chi connectivity index (χ0) is 15.4. The van der Waals surface area contributed by atoms with Crippen molar-refractivity contribution in [3.05, 3.63) is 39.2 Å². The van der Waals surface area contributed by atoms with E-state index in [9.17, 15) is 14.4 Å². The molecule has 1 N–H and O–H groups in total. The Bertz CT molecular complexity index is 630. The summed E-state index contributed by atoms with van der Waals surface area (Å²) in [5, 5.41) is 2.25. The van der Waals surface area contributed by atoms with Crippen LogP contribution in [-0.4, -0.2) is 35.0 Å². The molecule has 1 aliphatic heterocycles. The van der Waals surface area contributed by atoms with Crippen molar-refractivity contribution in [2.75, 3.05) is 13.1 Å². The molecule has 1 aliphatic rings. The first kappa shape index (κ1) is 15.8. The van der Waals surface area contributed by atoms with Crippen LogP contribution >= 0.6 is 27.7 Å². The molecule has 0 aliphatic carbocycles. The van der Waals surface area contributed by atoms with Crippen LogP contribution in [-0.2, 0) is 9.59 Å². The second kappa shape index (κ2) is 6.91. The number of thioether (sulfide) groups is 1. The number of nitrogens with zero attached hydrogens (tertiary/aromatic N) is 1. The number of imide groups is 1. The monoisotopic (exact) mass is 368 g/mol. The van der Waals surface area contributed by atoms with Crippen LogP contribution in [0.4, 0.5) is 4.79 Å². The molecular weight excluding hydrogens is 356 g/mol. The van der Waals surface area contributed by atoms with Crippen LogP contribution in [0.15, 0.2) is 33.6 Å². The molecule has 1 saturated heterocycles. The Labute approximate surface area is 134 Å². The van der Waals surface area contributed by atoms with Gasteiger partial charge in [0, 0.05) is 24.5 Å². The topological polar surface area (TPSA) is 66.5 Å². The average Bonchev–Trinajstić information content (AvgIpc) is 2.66. The van der Waals surface area contributed by atoms with Gasteiger partial charge in [-0.3, -0.25) is 19.3 Å². The molecule has 2 rings (SSSR count). The van der Waals surface area contributed by atoms with Gasteiger partial charge in [0.25, 0.3) is 11.1 Å². The molecule has 0 radical (unpaired) electrons. The Hall–Kier alpha value is -1.60. The summed E-state index contributed by atoms with van der Waals surface area (Å²) in [6, 6.07) is 7.47. The zero-order valence-electron chi connectivity index (χ0n) is 11.3. The van der Waals surface area contributed by atoms with Crippen LogP contribution in [0.3, 0.4) is 0 Å². The number of hydrogen-bond donors (Lipinski definition) is 1. The number of nitrogens with one attached hydrogen (secondary N) is 1. The quantitative estimate of drug-likeness (QED) is 0.829. The van der Waals surface area contributed by atoms with Crippen LogP contribution in [0, 0.1) is 0 Å². The van der Waals surface area contributed by atoms with Gasteiger partial charge in [0.2, 0.25) is 5.91 Å². The maximum absolute atomic E-state index is 12.2. The van der Waals surface area contributed by atoms with Crippen molar-refractivity contribution in [2.24, 2.45) is 0 Å². The fraction of sp³-hybridized carbons (Fsp3) is 0.214. The minimum Gasteiger partial charge on any atom is -0.355 e. The van der Waals surface area contributed by atoms with Crippen molar-refractivity contribution in [3.63, 3.8) is 0 Å². The molecule has 5 nitrogen and oxygen atoms in total. The first-order chi connectivity index (χ1) is 9.97. The first-order valence-corrected chi connectivity index (χ1v) is 7.83. The maximum Gasteiger partial charge on any atom is 0.293 e. The van der Waals surface area contributed by atoms with E-state index in [1.165, 1.54) is 6.92 Å². The van der Waals surface area contributed by atoms with Crippen LogP contribution < -0.4 is 5.32 Å². The molecule has 0 aromatic heterocycles. The highest BCUT2D eigenvalue weighted by Gasteiger charge is 2.34. The van der Waals surface area contributed by atoms with E-state index in [0.29, 0.717) is 4.91 Å². The second-order valence-electron chi connectivity index (χ2n) is 4.37. The number of carbonyl (C=O) groups excluding carboxylic acids is 3. The van der Waals surface area contributed by atoms with E-state index in [0.717, 1.165) is 26.7 Å². The minimum absolute atomic E-state index is 0.181. The summed E-state index contributed by atoms with van der Waals surface area (Å²) >= 11 is 4.27. The van der Waals surface area contributed by atoms with Crippen molar-refractivity contribution < 1.29 is 14.4 Å². The molecular formula is C14H13BrN2O3S. The standard InChI is InChI=1S/C14H13BrN2O3S/c1-9(18)16-5-6-17-13(19)12(21-14(17)20)8-10-3-2-4-11(15)7-10/h2-4,7-8H,5-6H2,1H3,(H,16,18)/b12-8+. The minimum atomic E-state index is -0.324. The van der Waals surface area contributed by atoms with Gasteiger partial charge in [-0.25, -0.2) is 0 Å². The lowest BCUT2D eigenvalue weighted by Crippen LogP contribution is -2.36. The number of hydrogen-bond acceptors (Lipinski definition) is 4. The van der Waals surface area contributed by atoms with Gasteiger partial charge in [0.1, 0.15) is 0 Å². The third kappa shape index (κ3) is 4.18. The molecule has 0 spiro atoms. The normalized spacial score (nSPS) is 16.7. The van der Waals surface area contributed by atoms with Crippen molar-refractivity contribution in [2.45, 2.75) is 6.92 Å². The number of benzene rings is 1. The van der Waals surface area contributed by atoms with E-state index in [1.54, 1.807) is 6.08 Å². The van der Waals surface area contributed by atoms with Crippen LogP contribution in [0.1, 0.15) is 12.5 Å². The summed E-state index contributed by atoms with van der Waals surface area (Å²) in [5.41, 5.74) is 0.844. The number of rotatable bonds is 4. The predicted molar refractivity (Wildman–Crippen MR) is 85.5 cm³/mol. The molecule has 0 saturated carbocycles. The Balaban J connectivity index is 2.08. The molecule has 1 heterocycles. The largest absolute Gasteiger partial charge is 0.355 e. The van der Waals surface area contributed by atoms with Crippen molar-refractivity contribution >= 4 is 50.8 Å². The fourth-order valence-corrected chi connectivity index (χ4v) is 3.07. The molecule has 0 atom stereocenters. The van der Waals surface area contributed by atoms with Crippen LogP contribution in [0.5, 0.6) is 0 Å². The summed E-state index contributed by atoms with van der Waals surface area (Å²) in [4.78, 5) is 36.3. The van der Waals surface area contributed by atoms with Gasteiger partial charge in [-0.2, -0.15) is 0 Å². The third-order valence-corrected chi connectivity index (χ3v) is 4.13. The number of carbonyl (C=O) groups is 3. The number of halogens is 1. The van der Waals surface area contributed by atoms with Gasteiger partial charge in [-0.1, -0.05) is 28.1 Å². The van der Waals surface area contributed by atoms with Gasteiger partial charge in [0.15, 0.2) is 0 Å². The molecule has 7 heteroatoms.